The minimum Gasteiger partial charge on any atom is -0.309 e. The minimum absolute atomic E-state index is 1.19. The molecule has 254 valence electrons. The van der Waals surface area contributed by atoms with Crippen molar-refractivity contribution in [3.05, 3.63) is 182 Å². The Balaban J connectivity index is 0.990. The molecule has 12 aromatic rings. The van der Waals surface area contributed by atoms with Gasteiger partial charge in [0.1, 0.15) is 0 Å². The second-order valence-electron chi connectivity index (χ2n) is 14.9. The van der Waals surface area contributed by atoms with Crippen molar-refractivity contribution < 1.29 is 0 Å². The molecule has 0 N–H and O–H groups in total. The molecule has 0 unspecified atom stereocenters. The molecule has 0 saturated carbocycles. The Labute approximate surface area is 320 Å². The van der Waals surface area contributed by atoms with Crippen molar-refractivity contribution in [2.75, 3.05) is 0 Å². The van der Waals surface area contributed by atoms with Crippen LogP contribution in [0.15, 0.2) is 182 Å². The van der Waals surface area contributed by atoms with Crippen LogP contribution in [0, 0.1) is 0 Å². The average Bonchev–Trinajstić information content (AvgIpc) is 3.97. The molecule has 9 aromatic carbocycles. The summed E-state index contributed by atoms with van der Waals surface area (Å²) in [5.41, 5.74) is 15.0. The van der Waals surface area contributed by atoms with Crippen LogP contribution >= 0.6 is 11.3 Å². The van der Waals surface area contributed by atoms with E-state index in [1.807, 2.05) is 11.3 Å². The number of hydrogen-bond donors (Lipinski definition) is 0. The number of thiophene rings is 1. The van der Waals surface area contributed by atoms with E-state index in [4.69, 9.17) is 0 Å². The highest BCUT2D eigenvalue weighted by molar-refractivity contribution is 7.25. The number of benzene rings is 9. The Bertz CT molecular complexity index is 3610. The third-order valence-electron chi connectivity index (χ3n) is 12.0. The van der Waals surface area contributed by atoms with Crippen molar-refractivity contribution in [3.8, 4) is 44.8 Å². The van der Waals surface area contributed by atoms with Crippen LogP contribution in [0.5, 0.6) is 0 Å². The first-order chi connectivity index (χ1) is 27.3. The molecule has 0 fully saturated rings. The smallest absolute Gasteiger partial charge is 0.0541 e. The fourth-order valence-electron chi connectivity index (χ4n) is 9.65. The monoisotopic (exact) mass is 714 g/mol. The lowest BCUT2D eigenvalue weighted by molar-refractivity contribution is 1.19. The standard InChI is InChI=1S/C52H30N2S/c1-2-12-37-36(11-1)41-16-9-10-33-26-35(30-45(37)52(33)41)54-47-18-7-4-14-39(47)43-28-32(21-24-49(43)54)31-20-23-48-42(27-31)38-13-3-6-17-46(38)53(48)34-22-25-51-44(29-34)40-15-5-8-19-50(40)55-51/h1-30H. The van der Waals surface area contributed by atoms with Crippen molar-refractivity contribution in [2.24, 2.45) is 0 Å². The molecule has 55 heavy (non-hydrogen) atoms. The lowest BCUT2D eigenvalue weighted by Crippen LogP contribution is -1.95. The third kappa shape index (κ3) is 4.03. The van der Waals surface area contributed by atoms with Gasteiger partial charge in [0.15, 0.2) is 0 Å². The first-order valence-corrected chi connectivity index (χ1v) is 19.7. The number of aromatic nitrogens is 2. The predicted molar refractivity (Wildman–Crippen MR) is 235 cm³/mol. The van der Waals surface area contributed by atoms with E-state index in [-0.39, 0.29) is 0 Å². The summed E-state index contributed by atoms with van der Waals surface area (Å²) in [4.78, 5) is 0. The molecule has 0 amide bonds. The molecule has 0 bridgehead atoms. The minimum atomic E-state index is 1.19. The fraction of sp³-hybridized carbons (Fsp3) is 0. The van der Waals surface area contributed by atoms with E-state index in [1.54, 1.807) is 0 Å². The number of hydrogen-bond acceptors (Lipinski definition) is 1. The van der Waals surface area contributed by atoms with Gasteiger partial charge in [-0.05, 0) is 117 Å². The summed E-state index contributed by atoms with van der Waals surface area (Å²) in [5, 5.41) is 10.3. The summed E-state index contributed by atoms with van der Waals surface area (Å²) in [5.74, 6) is 0. The maximum Gasteiger partial charge on any atom is 0.0541 e. The van der Waals surface area contributed by atoms with Crippen molar-refractivity contribution in [1.82, 2.24) is 9.13 Å². The van der Waals surface area contributed by atoms with Gasteiger partial charge in [-0.1, -0.05) is 109 Å². The van der Waals surface area contributed by atoms with E-state index < -0.39 is 0 Å². The summed E-state index contributed by atoms with van der Waals surface area (Å²) >= 11 is 1.87. The second-order valence-corrected chi connectivity index (χ2v) is 16.0. The fourth-order valence-corrected chi connectivity index (χ4v) is 10.7. The van der Waals surface area contributed by atoms with E-state index in [9.17, 15) is 0 Å². The van der Waals surface area contributed by atoms with Crippen molar-refractivity contribution in [1.29, 1.82) is 0 Å². The van der Waals surface area contributed by atoms with Gasteiger partial charge in [0, 0.05) is 53.1 Å². The first-order valence-electron chi connectivity index (χ1n) is 18.9. The molecule has 0 spiro atoms. The second kappa shape index (κ2) is 10.8. The topological polar surface area (TPSA) is 9.86 Å². The lowest BCUT2D eigenvalue weighted by atomic mass is 10.0. The van der Waals surface area contributed by atoms with Crippen LogP contribution in [0.4, 0.5) is 0 Å². The van der Waals surface area contributed by atoms with Crippen molar-refractivity contribution in [2.45, 2.75) is 0 Å². The van der Waals surface area contributed by atoms with Crippen LogP contribution in [-0.4, -0.2) is 9.13 Å². The van der Waals surface area contributed by atoms with E-state index in [0.29, 0.717) is 0 Å². The first kappa shape index (κ1) is 29.5. The van der Waals surface area contributed by atoms with Gasteiger partial charge in [-0.15, -0.1) is 11.3 Å². The molecule has 0 radical (unpaired) electrons. The van der Waals surface area contributed by atoms with Gasteiger partial charge < -0.3 is 9.13 Å². The Kier molecular flexibility index (Phi) is 5.80. The molecule has 2 nitrogen and oxygen atoms in total. The zero-order chi connectivity index (χ0) is 35.8. The zero-order valence-corrected chi connectivity index (χ0v) is 30.4. The molecule has 3 heteroatoms. The molecule has 3 aromatic heterocycles. The lowest BCUT2D eigenvalue weighted by Gasteiger charge is -2.12. The molecular formula is C52H30N2S. The van der Waals surface area contributed by atoms with Gasteiger partial charge >= 0.3 is 0 Å². The van der Waals surface area contributed by atoms with E-state index >= 15 is 0 Å². The number of rotatable bonds is 3. The van der Waals surface area contributed by atoms with Gasteiger partial charge in [0.05, 0.1) is 22.1 Å². The highest BCUT2D eigenvalue weighted by Gasteiger charge is 2.23. The Morgan fingerprint density at radius 2 is 0.873 bits per heavy atom. The van der Waals surface area contributed by atoms with Crippen LogP contribution in [0.25, 0.3) is 119 Å². The highest BCUT2D eigenvalue weighted by atomic mass is 32.1. The molecule has 1 aliphatic carbocycles. The molecule has 3 heterocycles. The Morgan fingerprint density at radius 1 is 0.309 bits per heavy atom. The third-order valence-corrected chi connectivity index (χ3v) is 13.2. The molecule has 13 rings (SSSR count). The highest BCUT2D eigenvalue weighted by Crippen LogP contribution is 2.49. The van der Waals surface area contributed by atoms with E-state index in [2.05, 4.69) is 191 Å². The summed E-state index contributed by atoms with van der Waals surface area (Å²) < 4.78 is 7.55. The number of fused-ring (bicyclic) bond motifs is 12. The normalized spacial score (nSPS) is 12.4. The van der Waals surface area contributed by atoms with Crippen molar-refractivity contribution in [3.63, 3.8) is 0 Å². The quantitative estimate of drug-likeness (QED) is 0.172. The zero-order valence-electron chi connectivity index (χ0n) is 29.6. The Morgan fingerprint density at radius 3 is 1.60 bits per heavy atom. The van der Waals surface area contributed by atoms with Gasteiger partial charge in [0.25, 0.3) is 0 Å². The van der Waals surface area contributed by atoms with Gasteiger partial charge in [-0.3, -0.25) is 0 Å². The average molecular weight is 715 g/mol. The molecule has 1 aliphatic rings. The van der Waals surface area contributed by atoms with E-state index in [1.165, 1.54) is 119 Å². The van der Waals surface area contributed by atoms with Gasteiger partial charge in [-0.2, -0.15) is 0 Å². The summed E-state index contributed by atoms with van der Waals surface area (Å²) in [6.45, 7) is 0. The van der Waals surface area contributed by atoms with Gasteiger partial charge in [-0.25, -0.2) is 0 Å². The maximum atomic E-state index is 2.46. The van der Waals surface area contributed by atoms with Crippen LogP contribution in [0.2, 0.25) is 0 Å². The SMILES string of the molecule is c1ccc2c(c1)-c1cccc3cc(-n4c5ccccc5c5cc(-c6ccc7c(c6)c6ccccc6n7-c6ccc7sc8ccccc8c7c6)ccc54)cc-2c13. The van der Waals surface area contributed by atoms with Crippen LogP contribution < -0.4 is 0 Å². The van der Waals surface area contributed by atoms with Gasteiger partial charge in [0.2, 0.25) is 0 Å². The molecule has 0 aliphatic heterocycles. The van der Waals surface area contributed by atoms with Crippen molar-refractivity contribution >= 4 is 85.9 Å². The van der Waals surface area contributed by atoms with Crippen LogP contribution in [-0.2, 0) is 0 Å². The Hall–Kier alpha value is -6.94. The molecule has 0 atom stereocenters. The predicted octanol–water partition coefficient (Wildman–Crippen LogP) is 14.7. The number of nitrogens with zero attached hydrogens (tertiary/aromatic N) is 2. The summed E-state index contributed by atoms with van der Waals surface area (Å²) in [6, 6.07) is 67.8. The number of para-hydroxylation sites is 2. The largest absolute Gasteiger partial charge is 0.309 e. The molecule has 0 saturated heterocycles. The summed E-state index contributed by atoms with van der Waals surface area (Å²) in [6.07, 6.45) is 0. The maximum absolute atomic E-state index is 2.46. The van der Waals surface area contributed by atoms with E-state index in [0.717, 1.165) is 0 Å². The molecular weight excluding hydrogens is 685 g/mol. The van der Waals surface area contributed by atoms with Crippen LogP contribution in [0.1, 0.15) is 0 Å². The summed E-state index contributed by atoms with van der Waals surface area (Å²) in [7, 11) is 0. The van der Waals surface area contributed by atoms with Crippen LogP contribution in [0.3, 0.4) is 0 Å².